The summed E-state index contributed by atoms with van der Waals surface area (Å²) in [5.74, 6) is 3.67. The minimum atomic E-state index is 0.494. The fraction of sp³-hybridized carbons (Fsp3) is 1.00. The Hall–Kier alpha value is -0.0400. The molecule has 0 radical (unpaired) electrons. The Kier molecular flexibility index (Phi) is 6.86. The van der Waals surface area contributed by atoms with Crippen LogP contribution in [0.3, 0.4) is 0 Å². The van der Waals surface area contributed by atoms with Crippen molar-refractivity contribution in [1.82, 2.24) is 5.32 Å². The largest absolute Gasteiger partial charge is 0.316 e. The Morgan fingerprint density at radius 1 is 1.16 bits per heavy atom. The first-order valence-corrected chi connectivity index (χ1v) is 8.60. The molecule has 0 aliphatic heterocycles. The fourth-order valence-corrected chi connectivity index (χ4v) is 3.77. The highest BCUT2D eigenvalue weighted by Gasteiger charge is 2.37. The van der Waals surface area contributed by atoms with Gasteiger partial charge in [0.2, 0.25) is 0 Å². The normalized spacial score (nSPS) is 30.3. The molecule has 1 fully saturated rings. The maximum Gasteiger partial charge on any atom is -0.00178 e. The first kappa shape index (κ1) is 17.0. The lowest BCUT2D eigenvalue weighted by atomic mass is 9.62. The van der Waals surface area contributed by atoms with Crippen molar-refractivity contribution in [3.63, 3.8) is 0 Å². The third-order valence-corrected chi connectivity index (χ3v) is 5.48. The molecule has 0 amide bonds. The lowest BCUT2D eigenvalue weighted by Crippen LogP contribution is -2.39. The van der Waals surface area contributed by atoms with Gasteiger partial charge in [0.1, 0.15) is 0 Å². The molecule has 1 heteroatoms. The lowest BCUT2D eigenvalue weighted by Gasteiger charge is -2.44. The van der Waals surface area contributed by atoms with Crippen molar-refractivity contribution in [2.24, 2.45) is 29.1 Å². The van der Waals surface area contributed by atoms with Gasteiger partial charge in [-0.05, 0) is 67.9 Å². The van der Waals surface area contributed by atoms with Crippen LogP contribution in [-0.2, 0) is 0 Å². The lowest BCUT2D eigenvalue weighted by molar-refractivity contribution is 0.0671. The predicted molar refractivity (Wildman–Crippen MR) is 86.4 cm³/mol. The zero-order chi connectivity index (χ0) is 14.5. The Bertz CT molecular complexity index is 241. The third kappa shape index (κ3) is 5.10. The van der Waals surface area contributed by atoms with Crippen LogP contribution < -0.4 is 5.32 Å². The molecule has 1 aliphatic rings. The Balaban J connectivity index is 2.62. The van der Waals surface area contributed by atoms with E-state index in [-0.39, 0.29) is 0 Å². The van der Waals surface area contributed by atoms with Gasteiger partial charge in [-0.25, -0.2) is 0 Å². The average Bonchev–Trinajstić information content (AvgIpc) is 2.37. The maximum atomic E-state index is 3.67. The topological polar surface area (TPSA) is 12.0 Å². The van der Waals surface area contributed by atoms with E-state index in [2.05, 4.69) is 46.9 Å². The van der Waals surface area contributed by atoms with E-state index in [0.717, 1.165) is 23.7 Å². The van der Waals surface area contributed by atoms with E-state index in [9.17, 15) is 0 Å². The molecular weight excluding hydrogens is 230 g/mol. The van der Waals surface area contributed by atoms with Gasteiger partial charge >= 0.3 is 0 Å². The van der Waals surface area contributed by atoms with Gasteiger partial charge in [-0.2, -0.15) is 0 Å². The number of hydrogen-bond acceptors (Lipinski definition) is 1. The molecule has 0 aromatic carbocycles. The summed E-state index contributed by atoms with van der Waals surface area (Å²) >= 11 is 0. The van der Waals surface area contributed by atoms with Crippen molar-refractivity contribution in [3.05, 3.63) is 0 Å². The van der Waals surface area contributed by atoms with Gasteiger partial charge in [0.05, 0.1) is 0 Å². The van der Waals surface area contributed by atoms with E-state index >= 15 is 0 Å². The van der Waals surface area contributed by atoms with Gasteiger partial charge in [-0.3, -0.25) is 0 Å². The van der Waals surface area contributed by atoms with Crippen molar-refractivity contribution in [2.75, 3.05) is 13.1 Å². The van der Waals surface area contributed by atoms with E-state index in [0.29, 0.717) is 5.41 Å². The molecule has 1 N–H and O–H groups in total. The molecular formula is C18H37N. The number of hydrogen-bond donors (Lipinski definition) is 1. The maximum absolute atomic E-state index is 3.67. The van der Waals surface area contributed by atoms with Gasteiger partial charge in [0, 0.05) is 0 Å². The molecule has 4 atom stereocenters. The molecule has 19 heavy (non-hydrogen) atoms. The Morgan fingerprint density at radius 2 is 1.84 bits per heavy atom. The van der Waals surface area contributed by atoms with Gasteiger partial charge in [-0.1, -0.05) is 48.0 Å². The zero-order valence-electron chi connectivity index (χ0n) is 14.3. The Morgan fingerprint density at radius 3 is 2.37 bits per heavy atom. The van der Waals surface area contributed by atoms with Gasteiger partial charge in [0.15, 0.2) is 0 Å². The van der Waals surface area contributed by atoms with Crippen LogP contribution in [0.25, 0.3) is 0 Å². The van der Waals surface area contributed by atoms with Crippen LogP contribution in [0, 0.1) is 29.1 Å². The molecule has 1 aliphatic carbocycles. The first-order chi connectivity index (χ1) is 8.90. The highest BCUT2D eigenvalue weighted by Crippen LogP contribution is 2.45. The molecule has 114 valence electrons. The van der Waals surface area contributed by atoms with E-state index < -0.39 is 0 Å². The smallest absolute Gasteiger partial charge is 0.00178 e. The quantitative estimate of drug-likeness (QED) is 0.659. The van der Waals surface area contributed by atoms with Crippen LogP contribution in [0.5, 0.6) is 0 Å². The summed E-state index contributed by atoms with van der Waals surface area (Å²) in [5, 5.41) is 3.67. The first-order valence-electron chi connectivity index (χ1n) is 8.60. The van der Waals surface area contributed by atoms with Crippen LogP contribution in [0.2, 0.25) is 0 Å². The van der Waals surface area contributed by atoms with Crippen molar-refractivity contribution in [2.45, 2.75) is 73.6 Å². The Labute approximate surface area is 121 Å². The van der Waals surface area contributed by atoms with Gasteiger partial charge in [0.25, 0.3) is 0 Å². The van der Waals surface area contributed by atoms with Crippen LogP contribution in [0.1, 0.15) is 73.6 Å². The fourth-order valence-electron chi connectivity index (χ4n) is 3.77. The minimum absolute atomic E-state index is 0.494. The summed E-state index contributed by atoms with van der Waals surface area (Å²) in [6.45, 7) is 16.8. The predicted octanol–water partition coefficient (Wildman–Crippen LogP) is 5.11. The average molecular weight is 268 g/mol. The summed E-state index contributed by atoms with van der Waals surface area (Å²) < 4.78 is 0. The minimum Gasteiger partial charge on any atom is -0.316 e. The van der Waals surface area contributed by atoms with Crippen LogP contribution >= 0.6 is 0 Å². The highest BCUT2D eigenvalue weighted by molar-refractivity contribution is 4.88. The summed E-state index contributed by atoms with van der Waals surface area (Å²) in [6, 6.07) is 0. The molecule has 4 unspecified atom stereocenters. The molecule has 1 nitrogen and oxygen atoms in total. The van der Waals surface area contributed by atoms with Crippen molar-refractivity contribution in [1.29, 1.82) is 0 Å². The molecule has 0 heterocycles. The van der Waals surface area contributed by atoms with Crippen LogP contribution in [0.4, 0.5) is 0 Å². The molecule has 0 spiro atoms. The molecule has 0 aromatic heterocycles. The summed E-state index contributed by atoms with van der Waals surface area (Å²) in [7, 11) is 0. The summed E-state index contributed by atoms with van der Waals surface area (Å²) in [4.78, 5) is 0. The highest BCUT2D eigenvalue weighted by atomic mass is 14.9. The number of nitrogens with one attached hydrogen (secondary N) is 1. The second-order valence-corrected chi connectivity index (χ2v) is 7.89. The summed E-state index contributed by atoms with van der Waals surface area (Å²) in [6.07, 6.45) is 6.93. The standard InChI is InChI=1S/C18H37N/c1-7-11-19-13-15-9-10-16(18(4,5)6)12-17(15)14(3)8-2/h14-17,19H,7-13H2,1-6H3. The van der Waals surface area contributed by atoms with Crippen molar-refractivity contribution in [3.8, 4) is 0 Å². The molecule has 0 aromatic rings. The van der Waals surface area contributed by atoms with Crippen molar-refractivity contribution >= 4 is 0 Å². The SMILES string of the molecule is CCCNCC1CCC(C(C)(C)C)CC1C(C)CC. The van der Waals surface area contributed by atoms with Crippen molar-refractivity contribution < 1.29 is 0 Å². The van der Waals surface area contributed by atoms with Gasteiger partial charge < -0.3 is 5.32 Å². The second-order valence-electron chi connectivity index (χ2n) is 7.89. The van der Waals surface area contributed by atoms with E-state index in [1.807, 2.05) is 0 Å². The molecule has 1 rings (SSSR count). The monoisotopic (exact) mass is 267 g/mol. The molecule has 0 saturated heterocycles. The molecule has 1 saturated carbocycles. The zero-order valence-corrected chi connectivity index (χ0v) is 14.3. The summed E-state index contributed by atoms with van der Waals surface area (Å²) in [5.41, 5.74) is 0.494. The van der Waals surface area contributed by atoms with E-state index in [1.54, 1.807) is 0 Å². The van der Waals surface area contributed by atoms with Crippen LogP contribution in [-0.4, -0.2) is 13.1 Å². The van der Waals surface area contributed by atoms with E-state index in [4.69, 9.17) is 0 Å². The van der Waals surface area contributed by atoms with Gasteiger partial charge in [-0.15, -0.1) is 0 Å². The molecule has 0 bridgehead atoms. The van der Waals surface area contributed by atoms with E-state index in [1.165, 1.54) is 45.2 Å². The number of rotatable bonds is 6. The third-order valence-electron chi connectivity index (χ3n) is 5.48. The second kappa shape index (κ2) is 7.67. The van der Waals surface area contributed by atoms with Crippen LogP contribution in [0.15, 0.2) is 0 Å².